The van der Waals surface area contributed by atoms with Crippen LogP contribution in [0.3, 0.4) is 0 Å². The molecule has 1 saturated carbocycles. The van der Waals surface area contributed by atoms with Crippen LogP contribution in [0.25, 0.3) is 10.9 Å². The summed E-state index contributed by atoms with van der Waals surface area (Å²) in [7, 11) is 3.64. The zero-order valence-electron chi connectivity index (χ0n) is 27.7. The summed E-state index contributed by atoms with van der Waals surface area (Å²) in [6.45, 7) is 4.90. The molecule has 0 spiro atoms. The minimum Gasteiger partial charge on any atom is -0.481 e. The van der Waals surface area contributed by atoms with Gasteiger partial charge in [0.15, 0.2) is 0 Å². The normalized spacial score (nSPS) is 26.3. The highest BCUT2D eigenvalue weighted by molar-refractivity contribution is 6.36. The van der Waals surface area contributed by atoms with Crippen molar-refractivity contribution in [2.75, 3.05) is 38.7 Å². The van der Waals surface area contributed by atoms with Gasteiger partial charge >= 0.3 is 5.97 Å². The summed E-state index contributed by atoms with van der Waals surface area (Å²) >= 11 is 13.4. The maximum Gasteiger partial charge on any atom is 0.306 e. The number of likely N-dealkylation sites (tertiary alicyclic amines) is 2. The van der Waals surface area contributed by atoms with E-state index in [2.05, 4.69) is 17.1 Å². The van der Waals surface area contributed by atoms with Gasteiger partial charge in [-0.1, -0.05) is 48.3 Å². The molecule has 2 aliphatic heterocycles. The lowest BCUT2D eigenvalue weighted by atomic mass is 9.87. The highest BCUT2D eigenvalue weighted by atomic mass is 35.5. The van der Waals surface area contributed by atoms with Crippen LogP contribution in [0.2, 0.25) is 10.0 Å². The molecule has 1 aromatic heterocycles. The van der Waals surface area contributed by atoms with Gasteiger partial charge in [-0.2, -0.15) is 0 Å². The number of halogens is 2. The van der Waals surface area contributed by atoms with E-state index in [0.29, 0.717) is 71.6 Å². The van der Waals surface area contributed by atoms with Crippen LogP contribution in [-0.2, 0) is 32.5 Å². The fraction of sp³-hybridized carbons (Fsp3) is 0.528. The molecule has 0 unspecified atom stereocenters. The molecule has 2 saturated heterocycles. The predicted molar refractivity (Wildman–Crippen MR) is 186 cm³/mol. The average molecular weight is 700 g/mol. The molecule has 2 amide bonds. The number of para-hydroxylation sites is 1. The number of rotatable bonds is 10. The summed E-state index contributed by atoms with van der Waals surface area (Å²) in [5, 5.41) is 13.7. The van der Waals surface area contributed by atoms with Gasteiger partial charge in [-0.3, -0.25) is 19.3 Å². The molecule has 3 fully saturated rings. The van der Waals surface area contributed by atoms with E-state index < -0.39 is 5.97 Å². The molecule has 2 N–H and O–H groups in total. The molecule has 1 aliphatic carbocycles. The largest absolute Gasteiger partial charge is 0.481 e. The number of carboxylic acids is 1. The first-order valence-electron chi connectivity index (χ1n) is 16.8. The van der Waals surface area contributed by atoms with Crippen molar-refractivity contribution < 1.29 is 29.0 Å². The van der Waals surface area contributed by atoms with E-state index in [4.69, 9.17) is 32.7 Å². The number of methoxy groups -OCH3 is 1. The van der Waals surface area contributed by atoms with Crippen LogP contribution in [0.1, 0.15) is 54.9 Å². The second-order valence-corrected chi connectivity index (χ2v) is 14.5. The Bertz CT molecular complexity index is 1670. The summed E-state index contributed by atoms with van der Waals surface area (Å²) in [5.74, 6) is -1.01. The number of hydrogen-bond acceptors (Lipinski definition) is 6. The zero-order chi connectivity index (χ0) is 34.1. The van der Waals surface area contributed by atoms with Crippen LogP contribution < -0.4 is 5.32 Å². The third-order valence-electron chi connectivity index (χ3n) is 10.5. The predicted octanol–water partition coefficient (Wildman–Crippen LogP) is 5.88. The molecule has 3 heterocycles. The van der Waals surface area contributed by atoms with Crippen molar-refractivity contribution in [2.45, 2.75) is 69.7 Å². The van der Waals surface area contributed by atoms with Crippen LogP contribution in [0, 0.1) is 11.8 Å². The number of nitrogens with zero attached hydrogens (tertiary/aromatic N) is 3. The van der Waals surface area contributed by atoms with Crippen molar-refractivity contribution in [2.24, 2.45) is 18.9 Å². The van der Waals surface area contributed by atoms with Gasteiger partial charge in [0.05, 0.1) is 53.5 Å². The smallest absolute Gasteiger partial charge is 0.306 e. The number of nitrogens with one attached hydrogen (secondary N) is 1. The SMILES string of the molecule is CO[C@@H]1CN([C@H]2C[C@@H](CO[C@H]3CC[C@H](C(=O)O)CC3)N(C(=O)Cc3cc(Cl)c(NC(=O)c4cn(C)c5ccccc45)cc3Cl)C2)C[C@H]1C. The molecule has 10 nitrogen and oxygen atoms in total. The lowest BCUT2D eigenvalue weighted by Gasteiger charge is -2.30. The second kappa shape index (κ2) is 14.8. The fourth-order valence-corrected chi connectivity index (χ4v) is 8.18. The van der Waals surface area contributed by atoms with Crippen LogP contribution in [-0.4, -0.2) is 94.9 Å². The quantitative estimate of drug-likeness (QED) is 0.272. The average Bonchev–Trinajstić information content (AvgIpc) is 3.77. The Hall–Kier alpha value is -3.15. The molecule has 258 valence electrons. The minimum absolute atomic E-state index is 0.00818. The highest BCUT2D eigenvalue weighted by Crippen LogP contribution is 2.34. The monoisotopic (exact) mass is 698 g/mol. The number of aromatic nitrogens is 1. The molecular formula is C36H44Cl2N4O6. The topological polar surface area (TPSA) is 113 Å². The van der Waals surface area contributed by atoms with Crippen molar-refractivity contribution in [3.63, 3.8) is 0 Å². The van der Waals surface area contributed by atoms with E-state index in [0.717, 1.165) is 30.4 Å². The molecule has 0 bridgehead atoms. The number of amides is 2. The molecule has 3 aliphatic rings. The van der Waals surface area contributed by atoms with E-state index in [-0.39, 0.29) is 48.4 Å². The second-order valence-electron chi connectivity index (χ2n) is 13.7. The number of carbonyl (C=O) groups excluding carboxylic acids is 2. The van der Waals surface area contributed by atoms with Crippen LogP contribution in [0.4, 0.5) is 5.69 Å². The number of benzene rings is 2. The minimum atomic E-state index is -0.739. The Balaban J connectivity index is 1.14. The van der Waals surface area contributed by atoms with Gasteiger partial charge in [0.2, 0.25) is 5.91 Å². The Morgan fingerprint density at radius 3 is 2.48 bits per heavy atom. The summed E-state index contributed by atoms with van der Waals surface area (Å²) in [6, 6.07) is 11.0. The molecule has 3 aromatic rings. The van der Waals surface area contributed by atoms with Crippen LogP contribution in [0.5, 0.6) is 0 Å². The summed E-state index contributed by atoms with van der Waals surface area (Å²) in [4.78, 5) is 43.0. The number of ether oxygens (including phenoxy) is 2. The Kier molecular flexibility index (Phi) is 10.7. The van der Waals surface area contributed by atoms with E-state index >= 15 is 0 Å². The van der Waals surface area contributed by atoms with Gasteiger partial charge in [-0.15, -0.1) is 0 Å². The number of fused-ring (bicyclic) bond motifs is 1. The van der Waals surface area contributed by atoms with E-state index in [1.54, 1.807) is 25.4 Å². The Labute approximate surface area is 291 Å². The first-order chi connectivity index (χ1) is 23.0. The van der Waals surface area contributed by atoms with Gasteiger partial charge in [0.25, 0.3) is 5.91 Å². The highest BCUT2D eigenvalue weighted by Gasteiger charge is 2.42. The molecule has 12 heteroatoms. The van der Waals surface area contributed by atoms with Crippen molar-refractivity contribution >= 4 is 57.6 Å². The lowest BCUT2D eigenvalue weighted by Crippen LogP contribution is -2.41. The fourth-order valence-electron chi connectivity index (χ4n) is 7.72. The molecule has 4 atom stereocenters. The third-order valence-corrected chi connectivity index (χ3v) is 11.2. The zero-order valence-corrected chi connectivity index (χ0v) is 29.2. The molecule has 0 radical (unpaired) electrons. The van der Waals surface area contributed by atoms with Crippen molar-refractivity contribution in [1.82, 2.24) is 14.4 Å². The molecule has 48 heavy (non-hydrogen) atoms. The number of aliphatic carboxylic acids is 1. The van der Waals surface area contributed by atoms with Crippen LogP contribution >= 0.6 is 23.2 Å². The van der Waals surface area contributed by atoms with E-state index in [1.807, 2.05) is 40.8 Å². The first kappa shape index (κ1) is 34.7. The first-order valence-corrected chi connectivity index (χ1v) is 17.5. The lowest BCUT2D eigenvalue weighted by molar-refractivity contribution is -0.144. The van der Waals surface area contributed by atoms with Gasteiger partial charge in [0, 0.05) is 62.0 Å². The standard InChI is InChI=1S/C36H44Cl2N4O6/c1-21-16-41(19-33(21)47-3)24-14-25(20-48-26-10-8-22(9-11-26)36(45)46)42(17-24)34(43)13-23-12-30(38)31(15-29(23)37)39-35(44)28-18-40(2)32-7-5-4-6-27(28)32/h4-7,12,15,18,21-22,24-26,33H,8-11,13-14,16-17,19-20H2,1-3H3,(H,39,44)(H,45,46)/t21-,22-,24+,25+,26-,33-/m1/s1. The Morgan fingerprint density at radius 1 is 1.02 bits per heavy atom. The van der Waals surface area contributed by atoms with Gasteiger partial charge in [-0.25, -0.2) is 0 Å². The Morgan fingerprint density at radius 2 is 1.77 bits per heavy atom. The molecule has 2 aromatic carbocycles. The maximum absolute atomic E-state index is 14.0. The number of carboxylic acid groups (broad SMARTS) is 1. The van der Waals surface area contributed by atoms with Crippen LogP contribution in [0.15, 0.2) is 42.6 Å². The third kappa shape index (κ3) is 7.38. The number of carbonyl (C=O) groups is 3. The molecular weight excluding hydrogens is 655 g/mol. The van der Waals surface area contributed by atoms with E-state index in [1.165, 1.54) is 0 Å². The summed E-state index contributed by atoms with van der Waals surface area (Å²) in [5.41, 5.74) is 2.42. The number of hydrogen-bond donors (Lipinski definition) is 2. The van der Waals surface area contributed by atoms with Gasteiger partial charge in [0.1, 0.15) is 0 Å². The van der Waals surface area contributed by atoms with Gasteiger partial charge < -0.3 is 29.4 Å². The van der Waals surface area contributed by atoms with E-state index in [9.17, 15) is 19.5 Å². The van der Waals surface area contributed by atoms with Crippen molar-refractivity contribution in [1.29, 1.82) is 0 Å². The van der Waals surface area contributed by atoms with Crippen molar-refractivity contribution in [3.8, 4) is 0 Å². The van der Waals surface area contributed by atoms with Crippen molar-refractivity contribution in [3.05, 3.63) is 63.8 Å². The maximum atomic E-state index is 14.0. The number of aryl methyl sites for hydroxylation is 1. The number of anilines is 1. The molecule has 6 rings (SSSR count). The van der Waals surface area contributed by atoms with Gasteiger partial charge in [-0.05, 0) is 61.8 Å². The summed E-state index contributed by atoms with van der Waals surface area (Å²) in [6.07, 6.45) is 5.41. The summed E-state index contributed by atoms with van der Waals surface area (Å²) < 4.78 is 13.9.